The van der Waals surface area contributed by atoms with E-state index >= 15 is 0 Å². The van der Waals surface area contributed by atoms with Gasteiger partial charge in [0.2, 0.25) is 0 Å². The molecule has 0 unspecified atom stereocenters. The van der Waals surface area contributed by atoms with Crippen LogP contribution in [0.25, 0.3) is 6.08 Å². The van der Waals surface area contributed by atoms with Crippen molar-refractivity contribution in [2.24, 2.45) is 0 Å². The molecule has 0 fully saturated rings. The monoisotopic (exact) mass is 458 g/mol. The first kappa shape index (κ1) is 19.7. The number of ether oxygens (including phenoxy) is 1. The smallest absolute Gasteiger partial charge is 0.199 e. The minimum Gasteiger partial charge on any atom is -0.497 e. The quantitative estimate of drug-likeness (QED) is 0.223. The van der Waals surface area contributed by atoms with Gasteiger partial charge in [-0.05, 0) is 72.3 Å². The van der Waals surface area contributed by atoms with Gasteiger partial charge in [0.15, 0.2) is 5.78 Å². The number of ketones is 1. The van der Waals surface area contributed by atoms with Crippen molar-refractivity contribution in [1.82, 2.24) is 0 Å². The summed E-state index contributed by atoms with van der Waals surface area (Å²) in [4.78, 5) is 14.7. The van der Waals surface area contributed by atoms with E-state index in [9.17, 15) is 4.79 Å². The normalized spacial score (nSPS) is 11.3. The van der Waals surface area contributed by atoms with E-state index in [1.807, 2.05) is 54.6 Å². The van der Waals surface area contributed by atoms with Crippen LogP contribution in [0.4, 0.5) is 0 Å². The maximum atomic E-state index is 13.1. The minimum absolute atomic E-state index is 0.0459. The Hall–Kier alpha value is -2.01. The molecule has 0 aliphatic carbocycles. The molecule has 0 aliphatic rings. The van der Waals surface area contributed by atoms with Gasteiger partial charge in [-0.3, -0.25) is 4.79 Å². The van der Waals surface area contributed by atoms with Crippen LogP contribution in [0.2, 0.25) is 5.02 Å². The highest BCUT2D eigenvalue weighted by Gasteiger charge is 2.14. The molecular weight excluding hydrogens is 444 g/mol. The summed E-state index contributed by atoms with van der Waals surface area (Å²) in [6, 6.07) is 22.4. The number of halogens is 2. The molecule has 3 aromatic carbocycles. The fraction of sp³-hybridized carbons (Fsp3) is 0.0455. The van der Waals surface area contributed by atoms with Crippen molar-refractivity contribution in [2.45, 2.75) is 4.90 Å². The second-order valence-electron chi connectivity index (χ2n) is 5.67. The van der Waals surface area contributed by atoms with Gasteiger partial charge in [-0.1, -0.05) is 51.4 Å². The van der Waals surface area contributed by atoms with Crippen LogP contribution < -0.4 is 4.74 Å². The van der Waals surface area contributed by atoms with Crippen LogP contribution in [0.5, 0.6) is 5.75 Å². The van der Waals surface area contributed by atoms with E-state index in [-0.39, 0.29) is 5.78 Å². The molecule has 27 heavy (non-hydrogen) atoms. The lowest BCUT2D eigenvalue weighted by atomic mass is 10.1. The van der Waals surface area contributed by atoms with Gasteiger partial charge in [0.05, 0.1) is 12.0 Å². The minimum atomic E-state index is -0.0459. The molecule has 3 aromatic rings. The number of rotatable bonds is 6. The van der Waals surface area contributed by atoms with Crippen molar-refractivity contribution in [2.75, 3.05) is 7.11 Å². The lowest BCUT2D eigenvalue weighted by molar-refractivity contribution is 0.104. The molecule has 0 aromatic heterocycles. The van der Waals surface area contributed by atoms with Gasteiger partial charge in [-0.2, -0.15) is 0 Å². The van der Waals surface area contributed by atoms with Gasteiger partial charge < -0.3 is 4.74 Å². The topological polar surface area (TPSA) is 26.3 Å². The van der Waals surface area contributed by atoms with Gasteiger partial charge >= 0.3 is 0 Å². The summed E-state index contributed by atoms with van der Waals surface area (Å²) < 4.78 is 6.20. The summed E-state index contributed by atoms with van der Waals surface area (Å²) in [5.41, 5.74) is 1.53. The van der Waals surface area contributed by atoms with E-state index < -0.39 is 0 Å². The molecule has 5 heteroatoms. The van der Waals surface area contributed by atoms with Gasteiger partial charge in [0.25, 0.3) is 0 Å². The number of Topliss-reactive ketones (excluding diaryl/α,β-unsaturated/α-hetero) is 1. The molecular formula is C22H16BrClO2S. The predicted molar refractivity (Wildman–Crippen MR) is 117 cm³/mol. The zero-order valence-electron chi connectivity index (χ0n) is 14.5. The average Bonchev–Trinajstić information content (AvgIpc) is 2.70. The summed E-state index contributed by atoms with van der Waals surface area (Å²) in [6.45, 7) is 0. The zero-order valence-corrected chi connectivity index (χ0v) is 17.6. The van der Waals surface area contributed by atoms with Crippen LogP contribution in [-0.4, -0.2) is 12.9 Å². The highest BCUT2D eigenvalue weighted by atomic mass is 79.9. The Bertz CT molecular complexity index is 949. The third kappa shape index (κ3) is 5.48. The van der Waals surface area contributed by atoms with E-state index in [0.717, 1.165) is 20.7 Å². The van der Waals surface area contributed by atoms with E-state index in [0.29, 0.717) is 15.5 Å². The van der Waals surface area contributed by atoms with Gasteiger partial charge in [-0.15, -0.1) is 0 Å². The van der Waals surface area contributed by atoms with Crippen LogP contribution in [0.3, 0.4) is 0 Å². The number of hydrogen-bond acceptors (Lipinski definition) is 3. The van der Waals surface area contributed by atoms with Gasteiger partial charge in [-0.25, -0.2) is 0 Å². The van der Waals surface area contributed by atoms with Crippen molar-refractivity contribution in [1.29, 1.82) is 0 Å². The first-order valence-electron chi connectivity index (χ1n) is 8.14. The molecule has 3 rings (SSSR count). The Labute approximate surface area is 176 Å². The molecule has 136 valence electrons. The number of allylic oxidation sites excluding steroid dienone is 1. The second-order valence-corrected chi connectivity index (χ2v) is 8.14. The van der Waals surface area contributed by atoms with Crippen LogP contribution in [-0.2, 0) is 0 Å². The number of carbonyl (C=O) groups is 1. The first-order valence-corrected chi connectivity index (χ1v) is 10.1. The maximum absolute atomic E-state index is 13.1. The van der Waals surface area contributed by atoms with Crippen molar-refractivity contribution in [3.63, 3.8) is 0 Å². The van der Waals surface area contributed by atoms with E-state index in [1.54, 1.807) is 31.4 Å². The number of hydrogen-bond donors (Lipinski definition) is 0. The summed E-state index contributed by atoms with van der Waals surface area (Å²) in [7, 11) is 1.63. The maximum Gasteiger partial charge on any atom is 0.199 e. The highest BCUT2D eigenvalue weighted by Crippen LogP contribution is 2.32. The van der Waals surface area contributed by atoms with Crippen molar-refractivity contribution in [3.8, 4) is 5.75 Å². The molecule has 0 radical (unpaired) electrons. The molecule has 0 saturated carbocycles. The molecule has 0 N–H and O–H groups in total. The molecule has 2 nitrogen and oxygen atoms in total. The summed E-state index contributed by atoms with van der Waals surface area (Å²) >= 11 is 10.8. The van der Waals surface area contributed by atoms with Gasteiger partial charge in [0, 0.05) is 20.0 Å². The molecule has 0 atom stereocenters. The number of thioether (sulfide) groups is 1. The van der Waals surface area contributed by atoms with Crippen LogP contribution in [0, 0.1) is 0 Å². The fourth-order valence-corrected chi connectivity index (χ4v) is 3.69. The Morgan fingerprint density at radius 2 is 1.59 bits per heavy atom. The number of methoxy groups -OCH3 is 1. The molecule has 0 aliphatic heterocycles. The standard InChI is InChI=1S/C22H16BrClO2S/c1-26-19-10-2-15(3-11-19)14-21(27-20-12-6-17(23)7-13-20)22(25)16-4-8-18(24)9-5-16/h2-14H,1H3/b21-14+. The predicted octanol–water partition coefficient (Wildman–Crippen LogP) is 7.13. The third-order valence-electron chi connectivity index (χ3n) is 3.79. The lowest BCUT2D eigenvalue weighted by Crippen LogP contribution is -2.01. The van der Waals surface area contributed by atoms with Crippen molar-refractivity contribution >= 4 is 51.2 Å². The van der Waals surface area contributed by atoms with Crippen molar-refractivity contribution < 1.29 is 9.53 Å². The number of benzene rings is 3. The molecule has 0 spiro atoms. The summed E-state index contributed by atoms with van der Waals surface area (Å²) in [6.07, 6.45) is 1.89. The summed E-state index contributed by atoms with van der Waals surface area (Å²) in [5, 5.41) is 0.604. The lowest BCUT2D eigenvalue weighted by Gasteiger charge is -2.08. The van der Waals surface area contributed by atoms with E-state index in [2.05, 4.69) is 15.9 Å². The van der Waals surface area contributed by atoms with Crippen molar-refractivity contribution in [3.05, 3.63) is 98.3 Å². The van der Waals surface area contributed by atoms with Crippen LogP contribution in [0.15, 0.2) is 87.1 Å². The SMILES string of the molecule is COc1ccc(/C=C(/Sc2ccc(Br)cc2)C(=O)c2ccc(Cl)cc2)cc1. The van der Waals surface area contributed by atoms with Crippen LogP contribution in [0.1, 0.15) is 15.9 Å². The zero-order chi connectivity index (χ0) is 19.2. The fourth-order valence-electron chi connectivity index (χ4n) is 2.37. The van der Waals surface area contributed by atoms with E-state index in [1.165, 1.54) is 11.8 Å². The Kier molecular flexibility index (Phi) is 6.78. The number of carbonyl (C=O) groups excluding carboxylic acids is 1. The molecule has 0 amide bonds. The van der Waals surface area contributed by atoms with Crippen LogP contribution >= 0.6 is 39.3 Å². The molecule has 0 bridgehead atoms. The second kappa shape index (κ2) is 9.27. The molecule has 0 heterocycles. The first-order chi connectivity index (χ1) is 13.0. The largest absolute Gasteiger partial charge is 0.497 e. The average molecular weight is 460 g/mol. The summed E-state index contributed by atoms with van der Waals surface area (Å²) in [5.74, 6) is 0.730. The Balaban J connectivity index is 1.96. The third-order valence-corrected chi connectivity index (χ3v) is 5.60. The highest BCUT2D eigenvalue weighted by molar-refractivity contribution is 9.10. The molecule has 0 saturated heterocycles. The Morgan fingerprint density at radius 3 is 2.19 bits per heavy atom. The van der Waals surface area contributed by atoms with Gasteiger partial charge in [0.1, 0.15) is 5.75 Å². The Morgan fingerprint density at radius 1 is 0.963 bits per heavy atom. The van der Waals surface area contributed by atoms with E-state index in [4.69, 9.17) is 16.3 Å².